The van der Waals surface area contributed by atoms with E-state index in [1.54, 1.807) is 0 Å². The van der Waals surface area contributed by atoms with Crippen molar-refractivity contribution in [2.45, 2.75) is 25.7 Å². The van der Waals surface area contributed by atoms with Crippen LogP contribution in [0.1, 0.15) is 24.0 Å². The predicted octanol–water partition coefficient (Wildman–Crippen LogP) is 4.71. The molecule has 2 unspecified atom stereocenters. The largest absolute Gasteiger partial charge is 0.465 e. The number of hydrogen-bond donors (Lipinski definition) is 1. The molecule has 2 aromatic rings. The Morgan fingerprint density at radius 2 is 2.03 bits per heavy atom. The lowest BCUT2D eigenvalue weighted by Gasteiger charge is -2.24. The van der Waals surface area contributed by atoms with Gasteiger partial charge in [0.1, 0.15) is 5.82 Å². The Kier molecular flexibility index (Phi) is 5.17. The van der Waals surface area contributed by atoms with Crippen molar-refractivity contribution in [3.63, 3.8) is 0 Å². The van der Waals surface area contributed by atoms with Crippen LogP contribution in [0.2, 0.25) is 5.02 Å². The number of nitrogens with one attached hydrogen (secondary N) is 1. The summed E-state index contributed by atoms with van der Waals surface area (Å²) in [5, 5.41) is 3.04. The topological polar surface area (TPSA) is 55.4 Å². The number of cyclic esters (lactones) is 1. The van der Waals surface area contributed by atoms with Gasteiger partial charge in [-0.05, 0) is 54.7 Å². The quantitative estimate of drug-likeness (QED) is 0.570. The number of rotatable bonds is 5. The minimum absolute atomic E-state index is 0.0552. The first kappa shape index (κ1) is 19.6. The van der Waals surface area contributed by atoms with E-state index in [1.165, 1.54) is 18.2 Å². The first-order chi connectivity index (χ1) is 13.9. The summed E-state index contributed by atoms with van der Waals surface area (Å²) in [5.74, 6) is -0.609. The summed E-state index contributed by atoms with van der Waals surface area (Å²) < 4.78 is 18.4. The van der Waals surface area contributed by atoms with Gasteiger partial charge in [0.25, 0.3) is 0 Å². The molecular formula is C23H21ClFNO3. The molecule has 2 fully saturated rings. The van der Waals surface area contributed by atoms with Crippen LogP contribution in [-0.4, -0.2) is 18.5 Å². The lowest BCUT2D eigenvalue weighted by molar-refractivity contribution is -0.146. The zero-order valence-electron chi connectivity index (χ0n) is 15.8. The number of fused-ring (bicyclic) bond motifs is 1. The number of amides is 1. The minimum atomic E-state index is -0.499. The maximum atomic E-state index is 13.1. The lowest BCUT2D eigenvalue weighted by atomic mass is 9.75. The van der Waals surface area contributed by atoms with E-state index in [-0.39, 0.29) is 29.2 Å². The lowest BCUT2D eigenvalue weighted by Crippen LogP contribution is -2.31. The van der Waals surface area contributed by atoms with Crippen molar-refractivity contribution < 1.29 is 18.7 Å². The van der Waals surface area contributed by atoms with E-state index >= 15 is 0 Å². The molecule has 2 atom stereocenters. The summed E-state index contributed by atoms with van der Waals surface area (Å²) in [6.45, 7) is 4.53. The highest BCUT2D eigenvalue weighted by Gasteiger charge is 2.55. The van der Waals surface area contributed by atoms with Gasteiger partial charge in [-0.15, -0.1) is 0 Å². The van der Waals surface area contributed by atoms with Crippen LogP contribution in [0.3, 0.4) is 0 Å². The smallest absolute Gasteiger partial charge is 0.313 e. The maximum Gasteiger partial charge on any atom is 0.313 e. The van der Waals surface area contributed by atoms with Crippen molar-refractivity contribution in [2.24, 2.45) is 11.3 Å². The highest BCUT2D eigenvalue weighted by molar-refractivity contribution is 6.31. The molecule has 6 heteroatoms. The number of ether oxygens (including phenoxy) is 1. The van der Waals surface area contributed by atoms with Crippen LogP contribution < -0.4 is 5.32 Å². The first-order valence-electron chi connectivity index (χ1n) is 9.52. The van der Waals surface area contributed by atoms with Crippen molar-refractivity contribution in [1.29, 1.82) is 0 Å². The molecule has 0 aromatic heterocycles. The van der Waals surface area contributed by atoms with Crippen molar-refractivity contribution in [1.82, 2.24) is 0 Å². The van der Waals surface area contributed by atoms with E-state index in [1.807, 2.05) is 24.3 Å². The van der Waals surface area contributed by atoms with Crippen molar-refractivity contribution in [2.75, 3.05) is 11.9 Å². The Hall–Kier alpha value is -2.66. The van der Waals surface area contributed by atoms with Crippen LogP contribution in [0, 0.1) is 17.2 Å². The van der Waals surface area contributed by atoms with Crippen LogP contribution in [-0.2, 0) is 27.2 Å². The van der Waals surface area contributed by atoms with Gasteiger partial charge in [0, 0.05) is 16.6 Å². The molecule has 4 rings (SSSR count). The molecule has 0 spiro atoms. The van der Waals surface area contributed by atoms with Crippen LogP contribution in [0.15, 0.2) is 54.6 Å². The van der Waals surface area contributed by atoms with Crippen LogP contribution in [0.5, 0.6) is 0 Å². The van der Waals surface area contributed by atoms with E-state index < -0.39 is 11.2 Å². The minimum Gasteiger partial charge on any atom is -0.465 e. The van der Waals surface area contributed by atoms with Gasteiger partial charge in [-0.2, -0.15) is 0 Å². The Morgan fingerprint density at radius 1 is 1.28 bits per heavy atom. The number of allylic oxidation sites excluding steroid dienone is 1. The molecule has 1 saturated carbocycles. The van der Waals surface area contributed by atoms with Gasteiger partial charge >= 0.3 is 5.97 Å². The van der Waals surface area contributed by atoms with E-state index in [4.69, 9.17) is 16.3 Å². The molecule has 0 radical (unpaired) electrons. The van der Waals surface area contributed by atoms with Crippen molar-refractivity contribution in [3.8, 4) is 0 Å². The summed E-state index contributed by atoms with van der Waals surface area (Å²) in [6.07, 6.45) is 2.17. The molecule has 1 aliphatic heterocycles. The van der Waals surface area contributed by atoms with Crippen molar-refractivity contribution >= 4 is 29.2 Å². The van der Waals surface area contributed by atoms with Crippen LogP contribution >= 0.6 is 11.6 Å². The SMILES string of the molecule is C=C1CC2COC(=O)C2(Cc2ccc(NC(=O)Cc3ccc(F)cc3Cl)cc2)C1. The maximum absolute atomic E-state index is 13.1. The fraction of sp³-hybridized carbons (Fsp3) is 0.304. The fourth-order valence-electron chi connectivity index (χ4n) is 4.38. The summed E-state index contributed by atoms with van der Waals surface area (Å²) >= 11 is 5.98. The third-order valence-electron chi connectivity index (χ3n) is 5.83. The Bertz CT molecular complexity index is 988. The second-order valence-electron chi connectivity index (χ2n) is 7.92. The Morgan fingerprint density at radius 3 is 2.76 bits per heavy atom. The highest BCUT2D eigenvalue weighted by Crippen LogP contribution is 2.52. The summed E-state index contributed by atoms with van der Waals surface area (Å²) in [4.78, 5) is 24.7. The zero-order chi connectivity index (χ0) is 20.6. The molecule has 1 heterocycles. The molecule has 29 heavy (non-hydrogen) atoms. The van der Waals surface area contributed by atoms with Gasteiger partial charge in [-0.25, -0.2) is 4.39 Å². The summed E-state index contributed by atoms with van der Waals surface area (Å²) in [7, 11) is 0. The Balaban J connectivity index is 1.41. The average molecular weight is 414 g/mol. The molecule has 1 N–H and O–H groups in total. The van der Waals surface area contributed by atoms with Gasteiger partial charge < -0.3 is 10.1 Å². The average Bonchev–Trinajstić information content (AvgIpc) is 3.13. The van der Waals surface area contributed by atoms with E-state index in [0.29, 0.717) is 30.7 Å². The van der Waals surface area contributed by atoms with Gasteiger partial charge in [-0.3, -0.25) is 9.59 Å². The van der Waals surface area contributed by atoms with Gasteiger partial charge in [0.2, 0.25) is 5.91 Å². The molecular weight excluding hydrogens is 393 g/mol. The number of carbonyl (C=O) groups excluding carboxylic acids is 2. The molecule has 0 bridgehead atoms. The second kappa shape index (κ2) is 7.64. The fourth-order valence-corrected chi connectivity index (χ4v) is 4.61. The van der Waals surface area contributed by atoms with Gasteiger partial charge in [-0.1, -0.05) is 42.0 Å². The van der Waals surface area contributed by atoms with Crippen LogP contribution in [0.4, 0.5) is 10.1 Å². The standard InChI is InChI=1S/C23H21ClFNO3/c1-14-8-17-13-29-22(28)23(17,11-14)12-15-2-6-19(7-3-15)26-21(27)9-16-4-5-18(25)10-20(16)24/h2-7,10,17H,1,8-9,11-13H2,(H,26,27). The third kappa shape index (κ3) is 3.92. The van der Waals surface area contributed by atoms with Gasteiger partial charge in [0.05, 0.1) is 18.4 Å². The molecule has 4 nitrogen and oxygen atoms in total. The van der Waals surface area contributed by atoms with E-state index in [0.717, 1.165) is 17.6 Å². The first-order valence-corrected chi connectivity index (χ1v) is 9.90. The monoisotopic (exact) mass is 413 g/mol. The molecule has 2 aromatic carbocycles. The normalized spacial score (nSPS) is 23.0. The predicted molar refractivity (Wildman–Crippen MR) is 109 cm³/mol. The number of benzene rings is 2. The zero-order valence-corrected chi connectivity index (χ0v) is 16.6. The van der Waals surface area contributed by atoms with E-state index in [9.17, 15) is 14.0 Å². The second-order valence-corrected chi connectivity index (χ2v) is 8.32. The molecule has 1 amide bonds. The number of anilines is 1. The van der Waals surface area contributed by atoms with E-state index in [2.05, 4.69) is 11.9 Å². The molecule has 2 aliphatic rings. The summed E-state index contributed by atoms with van der Waals surface area (Å²) in [6, 6.07) is 11.4. The highest BCUT2D eigenvalue weighted by atomic mass is 35.5. The molecule has 150 valence electrons. The molecule has 1 aliphatic carbocycles. The summed E-state index contributed by atoms with van der Waals surface area (Å²) in [5.41, 5.74) is 2.84. The number of esters is 1. The number of halogens is 2. The third-order valence-corrected chi connectivity index (χ3v) is 6.18. The number of hydrogen-bond acceptors (Lipinski definition) is 3. The Labute approximate surface area is 173 Å². The van der Waals surface area contributed by atoms with Crippen molar-refractivity contribution in [3.05, 3.63) is 76.6 Å². The number of carbonyl (C=O) groups is 2. The molecule has 1 saturated heterocycles. The van der Waals surface area contributed by atoms with Crippen LogP contribution in [0.25, 0.3) is 0 Å². The van der Waals surface area contributed by atoms with Gasteiger partial charge in [0.15, 0.2) is 0 Å².